The number of para-hydroxylation sites is 1. The molecule has 3 rings (SSSR count). The first-order chi connectivity index (χ1) is 10.3. The van der Waals surface area contributed by atoms with Crippen LogP contribution in [0.25, 0.3) is 0 Å². The molecule has 0 atom stereocenters. The van der Waals surface area contributed by atoms with Crippen LogP contribution in [-0.4, -0.2) is 15.4 Å². The molecule has 0 radical (unpaired) electrons. The molecule has 0 fully saturated rings. The zero-order chi connectivity index (χ0) is 14.5. The Morgan fingerprint density at radius 2 is 1.86 bits per heavy atom. The zero-order valence-electron chi connectivity index (χ0n) is 11.9. The van der Waals surface area contributed by atoms with Gasteiger partial charge in [0.25, 0.3) is 0 Å². The van der Waals surface area contributed by atoms with Gasteiger partial charge in [-0.05, 0) is 55.2 Å². The van der Waals surface area contributed by atoms with E-state index in [1.807, 2.05) is 36.4 Å². The minimum absolute atomic E-state index is 0.854. The maximum absolute atomic E-state index is 5.84. The number of H-pyrrole nitrogens is 1. The number of hydrogen-bond acceptors (Lipinski definition) is 3. The van der Waals surface area contributed by atoms with Gasteiger partial charge in [-0.2, -0.15) is 15.4 Å². The summed E-state index contributed by atoms with van der Waals surface area (Å²) in [6.07, 6.45) is 3.60. The van der Waals surface area contributed by atoms with Gasteiger partial charge in [0.2, 0.25) is 0 Å². The van der Waals surface area contributed by atoms with Crippen molar-refractivity contribution in [2.75, 3.05) is 0 Å². The van der Waals surface area contributed by atoms with Crippen LogP contribution in [-0.2, 0) is 12.8 Å². The highest BCUT2D eigenvalue weighted by Gasteiger charge is 2.04. The average Bonchev–Trinajstić information content (AvgIpc) is 3.01. The fourth-order valence-corrected chi connectivity index (χ4v) is 2.25. The largest absolute Gasteiger partial charge is 0.457 e. The molecule has 0 aliphatic carbocycles. The van der Waals surface area contributed by atoms with Gasteiger partial charge in [0.05, 0.1) is 11.9 Å². The molecular formula is C17H17N3O. The lowest BCUT2D eigenvalue weighted by Crippen LogP contribution is -1.95. The van der Waals surface area contributed by atoms with E-state index in [2.05, 4.69) is 34.5 Å². The maximum atomic E-state index is 5.84. The molecule has 1 heterocycles. The van der Waals surface area contributed by atoms with Gasteiger partial charge in [-0.3, -0.25) is 0 Å². The van der Waals surface area contributed by atoms with E-state index >= 15 is 0 Å². The van der Waals surface area contributed by atoms with Crippen molar-refractivity contribution in [3.63, 3.8) is 0 Å². The van der Waals surface area contributed by atoms with Gasteiger partial charge in [-0.25, -0.2) is 0 Å². The van der Waals surface area contributed by atoms with Crippen LogP contribution in [0.1, 0.15) is 16.8 Å². The Bertz CT molecular complexity index is 693. The summed E-state index contributed by atoms with van der Waals surface area (Å²) < 4.78 is 5.84. The molecule has 0 saturated heterocycles. The highest BCUT2D eigenvalue weighted by Crippen LogP contribution is 2.24. The van der Waals surface area contributed by atoms with Crippen LogP contribution in [0.4, 0.5) is 0 Å². The molecule has 0 spiro atoms. The van der Waals surface area contributed by atoms with E-state index in [0.29, 0.717) is 0 Å². The van der Waals surface area contributed by atoms with Gasteiger partial charge in [0.15, 0.2) is 0 Å². The van der Waals surface area contributed by atoms with Crippen LogP contribution in [0.2, 0.25) is 0 Å². The second-order valence-electron chi connectivity index (χ2n) is 4.96. The van der Waals surface area contributed by atoms with E-state index < -0.39 is 0 Å². The van der Waals surface area contributed by atoms with Gasteiger partial charge < -0.3 is 4.74 Å². The van der Waals surface area contributed by atoms with Crippen LogP contribution in [0.15, 0.2) is 54.7 Å². The molecule has 0 amide bonds. The molecule has 0 bridgehead atoms. The first-order valence-corrected chi connectivity index (χ1v) is 6.98. The van der Waals surface area contributed by atoms with Crippen LogP contribution in [0.3, 0.4) is 0 Å². The molecule has 2 aromatic carbocycles. The minimum atomic E-state index is 0.854. The second-order valence-corrected chi connectivity index (χ2v) is 4.96. The summed E-state index contributed by atoms with van der Waals surface area (Å²) in [5, 5.41) is 10.5. The fourth-order valence-electron chi connectivity index (χ4n) is 2.25. The Kier molecular flexibility index (Phi) is 3.96. The number of aromatic amines is 1. The summed E-state index contributed by atoms with van der Waals surface area (Å²) in [5.74, 6) is 1.72. The Labute approximate surface area is 123 Å². The van der Waals surface area contributed by atoms with Gasteiger partial charge in [-0.15, -0.1) is 0 Å². The molecular weight excluding hydrogens is 262 g/mol. The SMILES string of the molecule is Cc1cc(Oc2ccccc2)ccc1CCc1cn[nH]n1. The monoisotopic (exact) mass is 279 g/mol. The van der Waals surface area contributed by atoms with Crippen LogP contribution < -0.4 is 4.74 Å². The van der Waals surface area contributed by atoms with Crippen molar-refractivity contribution in [2.24, 2.45) is 0 Å². The number of aromatic nitrogens is 3. The standard InChI is InChI=1S/C17H17N3O/c1-13-11-17(21-16-5-3-2-4-6-16)10-8-14(13)7-9-15-12-18-20-19-15/h2-6,8,10-12H,7,9H2,1H3,(H,18,19,20). The lowest BCUT2D eigenvalue weighted by Gasteiger charge is -2.09. The minimum Gasteiger partial charge on any atom is -0.457 e. The van der Waals surface area contributed by atoms with Gasteiger partial charge >= 0.3 is 0 Å². The van der Waals surface area contributed by atoms with Gasteiger partial charge in [-0.1, -0.05) is 24.3 Å². The van der Waals surface area contributed by atoms with E-state index in [9.17, 15) is 0 Å². The number of nitrogens with zero attached hydrogens (tertiary/aromatic N) is 2. The van der Waals surface area contributed by atoms with Gasteiger partial charge in [0, 0.05) is 0 Å². The third-order valence-corrected chi connectivity index (χ3v) is 3.41. The summed E-state index contributed by atoms with van der Waals surface area (Å²) in [4.78, 5) is 0. The van der Waals surface area contributed by atoms with E-state index in [-0.39, 0.29) is 0 Å². The number of benzene rings is 2. The van der Waals surface area contributed by atoms with Crippen molar-refractivity contribution < 1.29 is 4.74 Å². The third-order valence-electron chi connectivity index (χ3n) is 3.41. The lowest BCUT2D eigenvalue weighted by molar-refractivity contribution is 0.482. The topological polar surface area (TPSA) is 50.8 Å². The van der Waals surface area contributed by atoms with Crippen molar-refractivity contribution in [1.29, 1.82) is 0 Å². The smallest absolute Gasteiger partial charge is 0.127 e. The Hall–Kier alpha value is -2.62. The quantitative estimate of drug-likeness (QED) is 0.775. The Balaban J connectivity index is 1.68. The summed E-state index contributed by atoms with van der Waals surface area (Å²) >= 11 is 0. The molecule has 4 nitrogen and oxygen atoms in total. The first kappa shape index (κ1) is 13.4. The fraction of sp³-hybridized carbons (Fsp3) is 0.176. The Morgan fingerprint density at radius 3 is 2.57 bits per heavy atom. The summed E-state index contributed by atoms with van der Waals surface area (Å²) in [6.45, 7) is 2.11. The molecule has 0 saturated carbocycles. The lowest BCUT2D eigenvalue weighted by atomic mass is 10.0. The molecule has 3 aromatic rings. The molecule has 0 aliphatic rings. The Morgan fingerprint density at radius 1 is 1.00 bits per heavy atom. The van der Waals surface area contributed by atoms with E-state index in [4.69, 9.17) is 4.74 Å². The third kappa shape index (κ3) is 3.48. The van der Waals surface area contributed by atoms with Gasteiger partial charge in [0.1, 0.15) is 11.5 Å². The summed E-state index contributed by atoms with van der Waals surface area (Å²) in [5.41, 5.74) is 3.52. The van der Waals surface area contributed by atoms with Crippen molar-refractivity contribution >= 4 is 0 Å². The predicted molar refractivity (Wildman–Crippen MR) is 81.5 cm³/mol. The normalized spacial score (nSPS) is 10.5. The van der Waals surface area contributed by atoms with Crippen LogP contribution in [0.5, 0.6) is 11.5 Å². The van der Waals surface area contributed by atoms with Crippen molar-refractivity contribution in [3.8, 4) is 11.5 Å². The molecule has 106 valence electrons. The summed E-state index contributed by atoms with van der Waals surface area (Å²) in [7, 11) is 0. The van der Waals surface area contributed by atoms with Crippen molar-refractivity contribution in [3.05, 3.63) is 71.5 Å². The highest BCUT2D eigenvalue weighted by atomic mass is 16.5. The molecule has 21 heavy (non-hydrogen) atoms. The van der Waals surface area contributed by atoms with E-state index in [1.54, 1.807) is 6.20 Å². The predicted octanol–water partition coefficient (Wildman–Crippen LogP) is 3.69. The van der Waals surface area contributed by atoms with Crippen LogP contribution in [0, 0.1) is 6.92 Å². The zero-order valence-corrected chi connectivity index (χ0v) is 11.9. The molecule has 0 aliphatic heterocycles. The molecule has 1 aromatic heterocycles. The molecule has 4 heteroatoms. The van der Waals surface area contributed by atoms with Crippen molar-refractivity contribution in [1.82, 2.24) is 15.4 Å². The first-order valence-electron chi connectivity index (χ1n) is 6.98. The second kappa shape index (κ2) is 6.22. The number of ether oxygens (including phenoxy) is 1. The van der Waals surface area contributed by atoms with E-state index in [0.717, 1.165) is 30.0 Å². The molecule has 0 unspecified atom stereocenters. The number of hydrogen-bond donors (Lipinski definition) is 1. The number of rotatable bonds is 5. The van der Waals surface area contributed by atoms with E-state index in [1.165, 1.54) is 11.1 Å². The number of nitrogens with one attached hydrogen (secondary N) is 1. The van der Waals surface area contributed by atoms with Crippen LogP contribution >= 0.6 is 0 Å². The molecule has 1 N–H and O–H groups in total. The maximum Gasteiger partial charge on any atom is 0.127 e. The highest BCUT2D eigenvalue weighted by molar-refractivity contribution is 5.38. The summed E-state index contributed by atoms with van der Waals surface area (Å²) in [6, 6.07) is 16.0. The average molecular weight is 279 g/mol. The number of aryl methyl sites for hydroxylation is 3. The van der Waals surface area contributed by atoms with Crippen molar-refractivity contribution in [2.45, 2.75) is 19.8 Å².